The molecule has 6 aliphatic carbocycles. The first-order chi connectivity index (χ1) is 25.5. The van der Waals surface area contributed by atoms with Crippen LogP contribution >= 0.6 is 0 Å². The summed E-state index contributed by atoms with van der Waals surface area (Å²) in [5.74, 6) is 2.81. The molecule has 2 saturated heterocycles. The molecule has 0 unspecified atom stereocenters. The minimum atomic E-state index is -0.245. The molecule has 4 bridgehead atoms. The minimum Gasteiger partial charge on any atom is -0.323 e. The van der Waals surface area contributed by atoms with E-state index in [2.05, 4.69) is 56.8 Å². The highest BCUT2D eigenvalue weighted by Crippen LogP contribution is 2.58. The van der Waals surface area contributed by atoms with Crippen LogP contribution in [-0.4, -0.2) is 59.9 Å². The average Bonchev–Trinajstić information content (AvgIpc) is 3.12. The number of rotatable bonds is 8. The van der Waals surface area contributed by atoms with Gasteiger partial charge in [-0.25, -0.2) is 0 Å². The van der Waals surface area contributed by atoms with Crippen molar-refractivity contribution in [2.45, 2.75) is 138 Å². The zero-order valence-electron chi connectivity index (χ0n) is 31.4. The molecule has 2 N–H and O–H groups in total. The standard InChI is InChI=1S/C46H60N4O2/c51-43(47-35-15-13-33-25-41-37-11-1-3-19-45(37,39(33)27-35)21-23-49(41)29-31-7-5-8-31)17-18-44(52)48-36-16-14-34-26-42-38-12-2-4-20-46(38,40(34)28-36)22-24-50(42)30-32-9-6-10-32/h13-18,27-28,31-32,37-38,41-42H,1-12,19-26,29-30H2,(H,47,51)(H,48,52)/b18-17+/t37-,38-,41+,42+,45+,46+/m0/s1. The summed E-state index contributed by atoms with van der Waals surface area (Å²) in [7, 11) is 0. The highest BCUT2D eigenvalue weighted by molar-refractivity contribution is 6.07. The lowest BCUT2D eigenvalue weighted by Gasteiger charge is -2.59. The van der Waals surface area contributed by atoms with Gasteiger partial charge >= 0.3 is 0 Å². The van der Waals surface area contributed by atoms with Crippen LogP contribution in [0.5, 0.6) is 0 Å². The summed E-state index contributed by atoms with van der Waals surface area (Å²) in [6.45, 7) is 5.04. The van der Waals surface area contributed by atoms with E-state index in [1.807, 2.05) is 0 Å². The van der Waals surface area contributed by atoms with Crippen molar-refractivity contribution >= 4 is 23.2 Å². The first-order valence-corrected chi connectivity index (χ1v) is 21.5. The van der Waals surface area contributed by atoms with Gasteiger partial charge in [-0.3, -0.25) is 19.4 Å². The summed E-state index contributed by atoms with van der Waals surface area (Å²) in [5.41, 5.74) is 8.21. The number of benzene rings is 2. The Morgan fingerprint density at radius 3 is 1.48 bits per heavy atom. The molecule has 2 heterocycles. The van der Waals surface area contributed by atoms with Gasteiger partial charge in [-0.15, -0.1) is 0 Å². The van der Waals surface area contributed by atoms with Crippen LogP contribution in [0.4, 0.5) is 11.4 Å². The number of piperidine rings is 2. The van der Waals surface area contributed by atoms with Crippen molar-refractivity contribution in [3.63, 3.8) is 0 Å². The van der Waals surface area contributed by atoms with Crippen molar-refractivity contribution in [2.24, 2.45) is 23.7 Å². The predicted octanol–water partition coefficient (Wildman–Crippen LogP) is 8.54. The molecular weight excluding hydrogens is 641 g/mol. The molecule has 276 valence electrons. The van der Waals surface area contributed by atoms with Crippen LogP contribution in [0.3, 0.4) is 0 Å². The average molecular weight is 701 g/mol. The lowest BCUT2D eigenvalue weighted by Crippen LogP contribution is -2.61. The van der Waals surface area contributed by atoms with Crippen LogP contribution in [0.2, 0.25) is 0 Å². The second-order valence-corrected chi connectivity index (χ2v) is 18.7. The first-order valence-electron chi connectivity index (χ1n) is 21.5. The Morgan fingerprint density at radius 1 is 0.596 bits per heavy atom. The number of nitrogens with one attached hydrogen (secondary N) is 2. The fourth-order valence-corrected chi connectivity index (χ4v) is 13.3. The fraction of sp³-hybridized carbons (Fsp3) is 0.652. The van der Waals surface area contributed by atoms with E-state index < -0.39 is 0 Å². The summed E-state index contributed by atoms with van der Waals surface area (Å²) >= 11 is 0. The fourth-order valence-electron chi connectivity index (χ4n) is 13.3. The van der Waals surface area contributed by atoms with Crippen LogP contribution < -0.4 is 10.6 Å². The Hall–Kier alpha value is -2.96. The Labute approximate surface area is 311 Å². The molecule has 4 saturated carbocycles. The van der Waals surface area contributed by atoms with E-state index in [-0.39, 0.29) is 22.6 Å². The van der Waals surface area contributed by atoms with Crippen LogP contribution in [0.25, 0.3) is 0 Å². The molecule has 52 heavy (non-hydrogen) atoms. The number of carbonyl (C=O) groups is 2. The molecule has 10 rings (SSSR count). The molecular formula is C46H60N4O2. The van der Waals surface area contributed by atoms with Gasteiger partial charge in [0, 0.05) is 59.5 Å². The summed E-state index contributed by atoms with van der Waals surface area (Å²) in [4.78, 5) is 32.2. The maximum atomic E-state index is 13.2. The van der Waals surface area contributed by atoms with Gasteiger partial charge in [-0.1, -0.05) is 50.7 Å². The van der Waals surface area contributed by atoms with Crippen molar-refractivity contribution in [2.75, 3.05) is 36.8 Å². The lowest BCUT2D eigenvalue weighted by atomic mass is 9.52. The topological polar surface area (TPSA) is 64.7 Å². The Kier molecular flexibility index (Phi) is 8.66. The number of fused-ring (bicyclic) bond motifs is 2. The number of amides is 2. The molecule has 2 aromatic carbocycles. The van der Waals surface area contributed by atoms with E-state index >= 15 is 0 Å². The number of likely N-dealkylation sites (tertiary alicyclic amines) is 2. The molecule has 6 fully saturated rings. The molecule has 2 aromatic rings. The first kappa shape index (κ1) is 33.6. The second kappa shape index (κ2) is 13.4. The van der Waals surface area contributed by atoms with Gasteiger partial charge in [-0.05, 0) is 160 Å². The van der Waals surface area contributed by atoms with E-state index in [1.165, 1.54) is 163 Å². The molecule has 8 aliphatic rings. The van der Waals surface area contributed by atoms with Gasteiger partial charge in [-0.2, -0.15) is 0 Å². The van der Waals surface area contributed by atoms with Gasteiger partial charge in [0.25, 0.3) is 0 Å². The van der Waals surface area contributed by atoms with Gasteiger partial charge in [0.1, 0.15) is 0 Å². The zero-order chi connectivity index (χ0) is 34.9. The van der Waals surface area contributed by atoms with Crippen LogP contribution in [0, 0.1) is 23.7 Å². The molecule has 6 atom stereocenters. The third-order valence-corrected chi connectivity index (χ3v) is 16.3. The number of hydrogen-bond acceptors (Lipinski definition) is 4. The predicted molar refractivity (Wildman–Crippen MR) is 209 cm³/mol. The van der Waals surface area contributed by atoms with Crippen molar-refractivity contribution in [1.82, 2.24) is 9.80 Å². The smallest absolute Gasteiger partial charge is 0.248 e. The van der Waals surface area contributed by atoms with E-state index in [0.29, 0.717) is 12.1 Å². The quantitative estimate of drug-likeness (QED) is 0.271. The van der Waals surface area contributed by atoms with Gasteiger partial charge < -0.3 is 10.6 Å². The second-order valence-electron chi connectivity index (χ2n) is 18.7. The molecule has 6 heteroatoms. The monoisotopic (exact) mass is 700 g/mol. The maximum absolute atomic E-state index is 13.2. The highest BCUT2D eigenvalue weighted by Gasteiger charge is 2.55. The highest BCUT2D eigenvalue weighted by atomic mass is 16.2. The molecule has 0 radical (unpaired) electrons. The van der Waals surface area contributed by atoms with E-state index in [4.69, 9.17) is 0 Å². The van der Waals surface area contributed by atoms with Gasteiger partial charge in [0.05, 0.1) is 0 Å². The summed E-state index contributed by atoms with van der Waals surface area (Å²) < 4.78 is 0. The van der Waals surface area contributed by atoms with E-state index in [0.717, 1.165) is 47.9 Å². The third kappa shape index (κ3) is 5.72. The molecule has 2 amide bonds. The summed E-state index contributed by atoms with van der Waals surface area (Å²) in [6, 6.07) is 14.7. The van der Waals surface area contributed by atoms with Gasteiger partial charge in [0.15, 0.2) is 0 Å². The van der Waals surface area contributed by atoms with E-state index in [9.17, 15) is 9.59 Å². The van der Waals surface area contributed by atoms with Crippen LogP contribution in [0.1, 0.15) is 125 Å². The number of hydrogen-bond donors (Lipinski definition) is 2. The number of nitrogens with zero attached hydrogens (tertiary/aromatic N) is 2. The number of anilines is 2. The van der Waals surface area contributed by atoms with E-state index in [1.54, 1.807) is 0 Å². The Balaban J connectivity index is 0.811. The molecule has 0 aromatic heterocycles. The van der Waals surface area contributed by atoms with Gasteiger partial charge in [0.2, 0.25) is 11.8 Å². The summed E-state index contributed by atoms with van der Waals surface area (Å²) in [6.07, 6.45) is 26.7. The molecule has 6 nitrogen and oxygen atoms in total. The SMILES string of the molecule is O=C(/C=C/C(=O)Nc1ccc2c(c1)[C@@]13CCCC[C@H]1[C@@H](C2)N(CC1CCC1)CC3)Nc1ccc2c(c1)[C@@]13CCCC[C@H]1[C@@H](C2)N(CC1CCC1)CC3. The van der Waals surface area contributed by atoms with Crippen molar-refractivity contribution in [1.29, 1.82) is 0 Å². The summed E-state index contributed by atoms with van der Waals surface area (Å²) in [5, 5.41) is 6.25. The Morgan fingerprint density at radius 2 is 1.06 bits per heavy atom. The lowest BCUT2D eigenvalue weighted by molar-refractivity contribution is -0.114. The molecule has 0 spiro atoms. The van der Waals surface area contributed by atoms with Crippen LogP contribution in [-0.2, 0) is 33.3 Å². The third-order valence-electron chi connectivity index (χ3n) is 16.3. The number of carbonyl (C=O) groups excluding carboxylic acids is 2. The van der Waals surface area contributed by atoms with Crippen molar-refractivity contribution in [3.8, 4) is 0 Å². The van der Waals surface area contributed by atoms with Crippen LogP contribution in [0.15, 0.2) is 48.6 Å². The largest absolute Gasteiger partial charge is 0.323 e. The minimum absolute atomic E-state index is 0.245. The maximum Gasteiger partial charge on any atom is 0.248 e. The zero-order valence-corrected chi connectivity index (χ0v) is 31.4. The van der Waals surface area contributed by atoms with Crippen molar-refractivity contribution < 1.29 is 9.59 Å². The van der Waals surface area contributed by atoms with Crippen molar-refractivity contribution in [3.05, 3.63) is 70.8 Å². The normalized spacial score (nSPS) is 34.2. The Bertz CT molecular complexity index is 1620. The molecule has 2 aliphatic heterocycles.